The summed E-state index contributed by atoms with van der Waals surface area (Å²) < 4.78 is 1.66. The Kier molecular flexibility index (Phi) is 3.17. The predicted molar refractivity (Wildman–Crippen MR) is 49.4 cm³/mol. The number of ketones is 1. The van der Waals surface area contributed by atoms with Gasteiger partial charge in [0.1, 0.15) is 18.2 Å². The van der Waals surface area contributed by atoms with Crippen LogP contribution in [0.3, 0.4) is 0 Å². The van der Waals surface area contributed by atoms with Gasteiger partial charge < -0.3 is 0 Å². The van der Waals surface area contributed by atoms with E-state index < -0.39 is 0 Å². The molecule has 0 aliphatic rings. The molecule has 0 aromatic carbocycles. The standard InChI is InChI=1S/C9H15N3O/c1-4-5-9(13)6-12-8(3)10-7(2)11-12/h4-6H2,1-3H3. The van der Waals surface area contributed by atoms with E-state index in [0.29, 0.717) is 13.0 Å². The highest BCUT2D eigenvalue weighted by Gasteiger charge is 2.06. The molecule has 1 heterocycles. The molecule has 0 N–H and O–H groups in total. The molecule has 13 heavy (non-hydrogen) atoms. The lowest BCUT2D eigenvalue weighted by Crippen LogP contribution is -2.12. The minimum atomic E-state index is 0.218. The van der Waals surface area contributed by atoms with Gasteiger partial charge in [-0.2, -0.15) is 5.10 Å². The number of carbonyl (C=O) groups is 1. The van der Waals surface area contributed by atoms with Gasteiger partial charge in [0, 0.05) is 6.42 Å². The van der Waals surface area contributed by atoms with Crippen molar-refractivity contribution in [2.45, 2.75) is 40.2 Å². The molecule has 0 aliphatic heterocycles. The Labute approximate surface area is 78.0 Å². The molecular formula is C9H15N3O. The summed E-state index contributed by atoms with van der Waals surface area (Å²) in [6.45, 7) is 6.05. The van der Waals surface area contributed by atoms with E-state index in [1.54, 1.807) is 4.68 Å². The van der Waals surface area contributed by atoms with Gasteiger partial charge in [-0.1, -0.05) is 6.92 Å². The molecule has 1 aromatic heterocycles. The number of hydrogen-bond acceptors (Lipinski definition) is 3. The normalized spacial score (nSPS) is 10.4. The Morgan fingerprint density at radius 3 is 2.62 bits per heavy atom. The first kappa shape index (κ1) is 9.89. The van der Waals surface area contributed by atoms with Gasteiger partial charge in [-0.3, -0.25) is 4.79 Å². The van der Waals surface area contributed by atoms with Gasteiger partial charge in [0.05, 0.1) is 0 Å². The fourth-order valence-electron chi connectivity index (χ4n) is 1.24. The fraction of sp³-hybridized carbons (Fsp3) is 0.667. The summed E-state index contributed by atoms with van der Waals surface area (Å²) in [6.07, 6.45) is 1.52. The van der Waals surface area contributed by atoms with Gasteiger partial charge in [-0.05, 0) is 20.3 Å². The van der Waals surface area contributed by atoms with Gasteiger partial charge in [0.2, 0.25) is 0 Å². The number of aromatic nitrogens is 3. The number of nitrogens with zero attached hydrogens (tertiary/aromatic N) is 3. The third kappa shape index (κ3) is 2.65. The molecule has 1 aromatic rings. The van der Waals surface area contributed by atoms with Crippen LogP contribution in [-0.4, -0.2) is 20.5 Å². The van der Waals surface area contributed by atoms with Crippen LogP contribution in [0.4, 0.5) is 0 Å². The molecule has 0 fully saturated rings. The van der Waals surface area contributed by atoms with E-state index in [-0.39, 0.29) is 5.78 Å². The predicted octanol–water partition coefficient (Wildman–Crippen LogP) is 1.26. The Morgan fingerprint density at radius 2 is 2.15 bits per heavy atom. The van der Waals surface area contributed by atoms with Crippen molar-refractivity contribution in [1.29, 1.82) is 0 Å². The number of carbonyl (C=O) groups excluding carboxylic acids is 1. The molecule has 0 atom stereocenters. The average molecular weight is 181 g/mol. The maximum Gasteiger partial charge on any atom is 0.154 e. The summed E-state index contributed by atoms with van der Waals surface area (Å²) >= 11 is 0. The van der Waals surface area contributed by atoms with Crippen LogP contribution < -0.4 is 0 Å². The molecule has 0 radical (unpaired) electrons. The Bertz CT molecular complexity index is 304. The van der Waals surface area contributed by atoms with E-state index in [1.165, 1.54) is 0 Å². The summed E-state index contributed by atoms with van der Waals surface area (Å²) in [6, 6.07) is 0. The van der Waals surface area contributed by atoms with Crippen LogP contribution >= 0.6 is 0 Å². The van der Waals surface area contributed by atoms with Crippen molar-refractivity contribution >= 4 is 5.78 Å². The zero-order chi connectivity index (χ0) is 9.84. The molecule has 72 valence electrons. The van der Waals surface area contributed by atoms with E-state index in [0.717, 1.165) is 18.1 Å². The zero-order valence-electron chi connectivity index (χ0n) is 8.37. The van der Waals surface area contributed by atoms with Crippen molar-refractivity contribution in [3.8, 4) is 0 Å². The number of aryl methyl sites for hydroxylation is 2. The number of rotatable bonds is 4. The monoisotopic (exact) mass is 181 g/mol. The Morgan fingerprint density at radius 1 is 1.46 bits per heavy atom. The second-order valence-corrected chi connectivity index (χ2v) is 3.15. The van der Waals surface area contributed by atoms with Gasteiger partial charge >= 0.3 is 0 Å². The highest BCUT2D eigenvalue weighted by molar-refractivity contribution is 5.78. The van der Waals surface area contributed by atoms with Gasteiger partial charge in [-0.15, -0.1) is 0 Å². The lowest BCUT2D eigenvalue weighted by atomic mass is 10.2. The maximum atomic E-state index is 11.3. The molecule has 0 spiro atoms. The van der Waals surface area contributed by atoms with Crippen LogP contribution in [0.25, 0.3) is 0 Å². The topological polar surface area (TPSA) is 47.8 Å². The summed E-state index contributed by atoms with van der Waals surface area (Å²) in [5.41, 5.74) is 0. The highest BCUT2D eigenvalue weighted by Crippen LogP contribution is 1.98. The number of Topliss-reactive ketones (excluding diaryl/α,β-unsaturated/α-hetero) is 1. The van der Waals surface area contributed by atoms with Crippen LogP contribution in [0.1, 0.15) is 31.4 Å². The summed E-state index contributed by atoms with van der Waals surface area (Å²) in [5.74, 6) is 1.75. The first-order valence-electron chi connectivity index (χ1n) is 4.53. The van der Waals surface area contributed by atoms with Gasteiger partial charge in [0.25, 0.3) is 0 Å². The van der Waals surface area contributed by atoms with Crippen molar-refractivity contribution in [2.75, 3.05) is 0 Å². The van der Waals surface area contributed by atoms with Crippen LogP contribution in [0.15, 0.2) is 0 Å². The van der Waals surface area contributed by atoms with E-state index in [9.17, 15) is 4.79 Å². The SMILES string of the molecule is CCCC(=O)Cn1nc(C)nc1C. The van der Waals surface area contributed by atoms with Crippen LogP contribution in [0.2, 0.25) is 0 Å². The largest absolute Gasteiger partial charge is 0.298 e. The molecule has 0 unspecified atom stereocenters. The maximum absolute atomic E-state index is 11.3. The third-order valence-corrected chi connectivity index (χ3v) is 1.82. The highest BCUT2D eigenvalue weighted by atomic mass is 16.1. The quantitative estimate of drug-likeness (QED) is 0.702. The molecule has 0 saturated carbocycles. The molecule has 4 heteroatoms. The smallest absolute Gasteiger partial charge is 0.154 e. The average Bonchev–Trinajstić information content (AvgIpc) is 2.30. The van der Waals surface area contributed by atoms with Crippen LogP contribution in [-0.2, 0) is 11.3 Å². The summed E-state index contributed by atoms with van der Waals surface area (Å²) in [7, 11) is 0. The van der Waals surface area contributed by atoms with Crippen molar-refractivity contribution in [1.82, 2.24) is 14.8 Å². The van der Waals surface area contributed by atoms with Crippen LogP contribution in [0, 0.1) is 13.8 Å². The van der Waals surface area contributed by atoms with Gasteiger partial charge in [-0.25, -0.2) is 9.67 Å². The molecule has 0 amide bonds. The molecular weight excluding hydrogens is 166 g/mol. The van der Waals surface area contributed by atoms with Crippen molar-refractivity contribution < 1.29 is 4.79 Å². The van der Waals surface area contributed by atoms with Crippen molar-refractivity contribution in [3.05, 3.63) is 11.6 Å². The molecule has 4 nitrogen and oxygen atoms in total. The second-order valence-electron chi connectivity index (χ2n) is 3.15. The zero-order valence-corrected chi connectivity index (χ0v) is 8.37. The molecule has 0 aliphatic carbocycles. The van der Waals surface area contributed by atoms with Crippen molar-refractivity contribution in [2.24, 2.45) is 0 Å². The fourth-order valence-corrected chi connectivity index (χ4v) is 1.24. The first-order valence-corrected chi connectivity index (χ1v) is 4.53. The Hall–Kier alpha value is -1.19. The minimum absolute atomic E-state index is 0.218. The van der Waals surface area contributed by atoms with E-state index in [4.69, 9.17) is 0 Å². The third-order valence-electron chi connectivity index (χ3n) is 1.82. The van der Waals surface area contributed by atoms with Gasteiger partial charge in [0.15, 0.2) is 5.78 Å². The Balaban J connectivity index is 2.63. The number of hydrogen-bond donors (Lipinski definition) is 0. The lowest BCUT2D eigenvalue weighted by molar-refractivity contribution is -0.119. The van der Waals surface area contributed by atoms with E-state index in [1.807, 2.05) is 20.8 Å². The summed E-state index contributed by atoms with van der Waals surface area (Å²) in [5, 5.41) is 4.12. The van der Waals surface area contributed by atoms with Crippen molar-refractivity contribution in [3.63, 3.8) is 0 Å². The second kappa shape index (κ2) is 4.16. The molecule has 0 bridgehead atoms. The first-order chi connectivity index (χ1) is 6.13. The summed E-state index contributed by atoms with van der Waals surface area (Å²) in [4.78, 5) is 15.4. The molecule has 1 rings (SSSR count). The van der Waals surface area contributed by atoms with E-state index in [2.05, 4.69) is 10.1 Å². The van der Waals surface area contributed by atoms with Crippen LogP contribution in [0.5, 0.6) is 0 Å². The van der Waals surface area contributed by atoms with E-state index >= 15 is 0 Å². The lowest BCUT2D eigenvalue weighted by Gasteiger charge is -2.00. The minimum Gasteiger partial charge on any atom is -0.298 e. The molecule has 0 saturated heterocycles.